The summed E-state index contributed by atoms with van der Waals surface area (Å²) in [4.78, 5) is 0. The number of aromatic nitrogens is 4. The fraction of sp³-hybridized carbons (Fsp3) is 0.111. The Labute approximate surface area is 232 Å². The maximum Gasteiger partial charge on any atom is 0.169 e. The largest absolute Gasteiger partial charge is 0.309 e. The van der Waals surface area contributed by atoms with Crippen LogP contribution in [0.5, 0.6) is 0 Å². The normalized spacial score (nSPS) is 12.4. The smallest absolute Gasteiger partial charge is 0.169 e. The average molecular weight is 517 g/mol. The molecule has 3 heterocycles. The van der Waals surface area contributed by atoms with Gasteiger partial charge in [-0.15, -0.1) is 10.2 Å². The van der Waals surface area contributed by atoms with Crippen LogP contribution in [0.25, 0.3) is 66.2 Å². The zero-order chi connectivity index (χ0) is 27.0. The molecule has 0 aliphatic heterocycles. The molecule has 0 unspecified atom stereocenters. The third kappa shape index (κ3) is 3.26. The Kier molecular flexibility index (Phi) is 4.75. The zero-order valence-corrected chi connectivity index (χ0v) is 22.8. The third-order valence-corrected chi connectivity index (χ3v) is 8.19. The van der Waals surface area contributed by atoms with Gasteiger partial charge in [-0.3, -0.25) is 4.40 Å². The quantitative estimate of drug-likeness (QED) is 0.215. The molecule has 0 amide bonds. The van der Waals surface area contributed by atoms with Crippen LogP contribution < -0.4 is 0 Å². The van der Waals surface area contributed by atoms with Gasteiger partial charge in [-0.1, -0.05) is 87.5 Å². The lowest BCUT2D eigenvalue weighted by atomic mass is 9.86. The average Bonchev–Trinajstić information content (AvgIpc) is 3.57. The van der Waals surface area contributed by atoms with E-state index in [0.29, 0.717) is 0 Å². The molecule has 0 fully saturated rings. The summed E-state index contributed by atoms with van der Waals surface area (Å²) in [7, 11) is 0. The molecule has 4 nitrogen and oxygen atoms in total. The summed E-state index contributed by atoms with van der Waals surface area (Å²) in [6.07, 6.45) is 0. The molecule has 0 aliphatic carbocycles. The molecule has 0 bridgehead atoms. The Morgan fingerprint density at radius 1 is 0.525 bits per heavy atom. The van der Waals surface area contributed by atoms with E-state index in [9.17, 15) is 0 Å². The summed E-state index contributed by atoms with van der Waals surface area (Å²) in [5.41, 5.74) is 7.95. The highest BCUT2D eigenvalue weighted by atomic mass is 15.2. The van der Waals surface area contributed by atoms with Gasteiger partial charge in [-0.2, -0.15) is 0 Å². The Balaban J connectivity index is 1.35. The first kappa shape index (κ1) is 23.0. The number of hydrogen-bond acceptors (Lipinski definition) is 2. The summed E-state index contributed by atoms with van der Waals surface area (Å²) in [5, 5.41) is 15.5. The maximum absolute atomic E-state index is 4.74. The molecule has 4 heteroatoms. The number of para-hydroxylation sites is 2. The van der Waals surface area contributed by atoms with Crippen LogP contribution in [0.1, 0.15) is 26.3 Å². The molecule has 40 heavy (non-hydrogen) atoms. The van der Waals surface area contributed by atoms with E-state index < -0.39 is 0 Å². The van der Waals surface area contributed by atoms with Gasteiger partial charge in [0.25, 0.3) is 0 Å². The van der Waals surface area contributed by atoms with Crippen molar-refractivity contribution in [3.8, 4) is 17.1 Å². The van der Waals surface area contributed by atoms with E-state index in [4.69, 9.17) is 10.2 Å². The summed E-state index contributed by atoms with van der Waals surface area (Å²) in [5.74, 6) is 0.850. The Bertz CT molecular complexity index is 2190. The number of nitrogens with zero attached hydrogens (tertiary/aromatic N) is 4. The molecule has 3 aromatic heterocycles. The molecule has 0 aliphatic rings. The minimum absolute atomic E-state index is 0.0584. The standard InChI is InChI=1S/C36H28N4/c1-36(2,3)24-18-21-33-30(22-24)26-10-4-5-13-29(26)35-38-37-34(40(33)35)23-16-19-25(20-17-23)39-31-14-8-6-11-27(31)28-12-7-9-15-32(28)39/h4-22H,1-3H3. The second-order valence-corrected chi connectivity index (χ2v) is 11.6. The van der Waals surface area contributed by atoms with Gasteiger partial charge in [0.2, 0.25) is 0 Å². The Hall–Kier alpha value is -4.96. The van der Waals surface area contributed by atoms with Crippen LogP contribution in [0.3, 0.4) is 0 Å². The lowest BCUT2D eigenvalue weighted by Crippen LogP contribution is -2.11. The van der Waals surface area contributed by atoms with Crippen molar-refractivity contribution in [3.63, 3.8) is 0 Å². The minimum Gasteiger partial charge on any atom is -0.309 e. The van der Waals surface area contributed by atoms with E-state index in [1.54, 1.807) is 0 Å². The Morgan fingerprint density at radius 2 is 1.12 bits per heavy atom. The molecule has 0 radical (unpaired) electrons. The van der Waals surface area contributed by atoms with Gasteiger partial charge in [0.15, 0.2) is 11.5 Å². The fourth-order valence-corrected chi connectivity index (χ4v) is 6.16. The monoisotopic (exact) mass is 516 g/mol. The molecular formula is C36H28N4. The van der Waals surface area contributed by atoms with E-state index in [2.05, 4.69) is 145 Å². The van der Waals surface area contributed by atoms with Crippen LogP contribution in [0.2, 0.25) is 0 Å². The Morgan fingerprint density at radius 3 is 1.77 bits per heavy atom. The lowest BCUT2D eigenvalue weighted by Gasteiger charge is -2.20. The minimum atomic E-state index is 0.0584. The van der Waals surface area contributed by atoms with E-state index in [1.807, 2.05) is 0 Å². The molecule has 192 valence electrons. The van der Waals surface area contributed by atoms with Crippen molar-refractivity contribution in [2.75, 3.05) is 0 Å². The van der Waals surface area contributed by atoms with Crippen molar-refractivity contribution in [1.82, 2.24) is 19.2 Å². The highest BCUT2D eigenvalue weighted by Gasteiger charge is 2.19. The van der Waals surface area contributed by atoms with Crippen molar-refractivity contribution >= 4 is 49.1 Å². The summed E-state index contributed by atoms with van der Waals surface area (Å²) in [6, 6.07) is 41.3. The number of benzene rings is 5. The summed E-state index contributed by atoms with van der Waals surface area (Å²) < 4.78 is 4.56. The molecule has 0 spiro atoms. The number of pyridine rings is 1. The molecule has 8 aromatic rings. The predicted octanol–water partition coefficient (Wildman–Crippen LogP) is 9.10. The highest BCUT2D eigenvalue weighted by molar-refractivity contribution is 6.12. The second-order valence-electron chi connectivity index (χ2n) is 11.6. The molecule has 0 N–H and O–H groups in total. The summed E-state index contributed by atoms with van der Waals surface area (Å²) >= 11 is 0. The SMILES string of the molecule is CC(C)(C)c1ccc2c(c1)c1ccccc1c1nnc(-c3ccc(-n4c5ccccc5c5ccccc54)cc3)n21. The first-order chi connectivity index (χ1) is 19.5. The van der Waals surface area contributed by atoms with E-state index >= 15 is 0 Å². The van der Waals surface area contributed by atoms with Crippen molar-refractivity contribution < 1.29 is 0 Å². The molecule has 0 saturated carbocycles. The first-order valence-electron chi connectivity index (χ1n) is 13.8. The van der Waals surface area contributed by atoms with E-state index in [1.165, 1.54) is 38.1 Å². The van der Waals surface area contributed by atoms with Gasteiger partial charge in [-0.05, 0) is 64.9 Å². The molecular weight excluding hydrogens is 488 g/mol. The molecule has 0 atom stereocenters. The van der Waals surface area contributed by atoms with Crippen molar-refractivity contribution in [1.29, 1.82) is 0 Å². The van der Waals surface area contributed by atoms with Crippen LogP contribution in [0.4, 0.5) is 0 Å². The van der Waals surface area contributed by atoms with Crippen LogP contribution in [-0.4, -0.2) is 19.2 Å². The molecule has 8 rings (SSSR count). The van der Waals surface area contributed by atoms with Crippen molar-refractivity contribution in [3.05, 3.63) is 121 Å². The van der Waals surface area contributed by atoms with Gasteiger partial charge in [0.05, 0.1) is 16.6 Å². The van der Waals surface area contributed by atoms with Crippen molar-refractivity contribution in [2.45, 2.75) is 26.2 Å². The number of fused-ring (bicyclic) bond motifs is 9. The van der Waals surface area contributed by atoms with Crippen LogP contribution in [0.15, 0.2) is 115 Å². The van der Waals surface area contributed by atoms with Gasteiger partial charge in [0.1, 0.15) is 0 Å². The second kappa shape index (κ2) is 8.27. The van der Waals surface area contributed by atoms with Crippen LogP contribution >= 0.6 is 0 Å². The third-order valence-electron chi connectivity index (χ3n) is 8.19. The van der Waals surface area contributed by atoms with E-state index in [0.717, 1.165) is 33.6 Å². The highest BCUT2D eigenvalue weighted by Crippen LogP contribution is 2.36. The molecule has 5 aromatic carbocycles. The fourth-order valence-electron chi connectivity index (χ4n) is 6.16. The predicted molar refractivity (Wildman–Crippen MR) is 166 cm³/mol. The molecule has 0 saturated heterocycles. The van der Waals surface area contributed by atoms with E-state index in [-0.39, 0.29) is 5.41 Å². The lowest BCUT2D eigenvalue weighted by molar-refractivity contribution is 0.591. The van der Waals surface area contributed by atoms with Gasteiger partial charge < -0.3 is 4.57 Å². The first-order valence-corrected chi connectivity index (χ1v) is 13.8. The van der Waals surface area contributed by atoms with Crippen molar-refractivity contribution in [2.24, 2.45) is 0 Å². The number of hydrogen-bond donors (Lipinski definition) is 0. The number of rotatable bonds is 2. The van der Waals surface area contributed by atoms with Gasteiger partial charge in [0, 0.05) is 32.8 Å². The van der Waals surface area contributed by atoms with Crippen LogP contribution in [0, 0.1) is 0 Å². The topological polar surface area (TPSA) is 35.1 Å². The summed E-state index contributed by atoms with van der Waals surface area (Å²) in [6.45, 7) is 6.79. The van der Waals surface area contributed by atoms with Crippen LogP contribution in [-0.2, 0) is 5.41 Å². The zero-order valence-electron chi connectivity index (χ0n) is 22.8. The maximum atomic E-state index is 4.74. The van der Waals surface area contributed by atoms with Gasteiger partial charge >= 0.3 is 0 Å². The van der Waals surface area contributed by atoms with Gasteiger partial charge in [-0.25, -0.2) is 0 Å².